The molecule has 230 valence electrons. The number of carbonyl (C=O) groups is 2. The molecular weight excluding hydrogens is 591 g/mol. The van der Waals surface area contributed by atoms with Crippen LogP contribution in [0.5, 0.6) is 5.75 Å². The number of benzene rings is 2. The molecule has 1 aliphatic rings. The molecule has 1 amide bonds. The number of anilines is 1. The summed E-state index contributed by atoms with van der Waals surface area (Å²) in [5.41, 5.74) is 1.12. The molecule has 0 bridgehead atoms. The quantitative estimate of drug-likeness (QED) is 0.247. The SMILES string of the molecule is CCC(C)C(NS(=O)(=O)N1CCN(c2ccc(C#Cc3ccc(OC(F)(F)F)c(C(=O)N(C)C#N)c3)cc2)CC1)C(=O)O. The number of rotatable bonds is 9. The van der Waals surface area contributed by atoms with Crippen LogP contribution in [0.1, 0.15) is 41.8 Å². The van der Waals surface area contributed by atoms with Crippen molar-refractivity contribution in [1.82, 2.24) is 13.9 Å². The molecule has 1 aliphatic heterocycles. The molecule has 0 saturated carbocycles. The van der Waals surface area contributed by atoms with Crippen molar-refractivity contribution in [2.24, 2.45) is 5.92 Å². The second-order valence-corrected chi connectivity index (χ2v) is 11.4. The second-order valence-electron chi connectivity index (χ2n) is 9.73. The first kappa shape index (κ1) is 33.2. The molecule has 1 heterocycles. The van der Waals surface area contributed by atoms with Crippen LogP contribution in [-0.2, 0) is 15.0 Å². The molecule has 1 fully saturated rings. The van der Waals surface area contributed by atoms with Gasteiger partial charge < -0.3 is 14.7 Å². The lowest BCUT2D eigenvalue weighted by Crippen LogP contribution is -2.56. The molecular formula is C28H30F3N5O6S. The van der Waals surface area contributed by atoms with Crippen molar-refractivity contribution >= 4 is 27.8 Å². The lowest BCUT2D eigenvalue weighted by molar-refractivity contribution is -0.274. The first-order chi connectivity index (χ1) is 20.1. The van der Waals surface area contributed by atoms with E-state index in [0.29, 0.717) is 30.0 Å². The first-order valence-electron chi connectivity index (χ1n) is 13.1. The molecule has 3 rings (SSSR count). The third kappa shape index (κ3) is 8.84. The molecule has 15 heteroatoms. The summed E-state index contributed by atoms with van der Waals surface area (Å²) in [5, 5.41) is 18.4. The van der Waals surface area contributed by atoms with Crippen LogP contribution in [0.4, 0.5) is 18.9 Å². The number of nitrogens with one attached hydrogen (secondary N) is 1. The summed E-state index contributed by atoms with van der Waals surface area (Å²) >= 11 is 0. The second kappa shape index (κ2) is 13.8. The van der Waals surface area contributed by atoms with Crippen molar-refractivity contribution in [2.45, 2.75) is 32.7 Å². The van der Waals surface area contributed by atoms with Gasteiger partial charge in [0.25, 0.3) is 16.1 Å². The number of ether oxygens (including phenoxy) is 1. The molecule has 2 aromatic carbocycles. The van der Waals surface area contributed by atoms with Crippen molar-refractivity contribution in [3.63, 3.8) is 0 Å². The number of nitriles is 1. The summed E-state index contributed by atoms with van der Waals surface area (Å²) in [5.74, 6) is 2.30. The zero-order chi connectivity index (χ0) is 31.9. The Kier molecular flexibility index (Phi) is 10.6. The van der Waals surface area contributed by atoms with E-state index in [9.17, 15) is 36.3 Å². The number of carboxylic acids is 1. The van der Waals surface area contributed by atoms with Gasteiger partial charge in [-0.15, -0.1) is 13.2 Å². The maximum absolute atomic E-state index is 12.8. The minimum Gasteiger partial charge on any atom is -0.480 e. The molecule has 2 aromatic rings. The van der Waals surface area contributed by atoms with Crippen LogP contribution in [0, 0.1) is 29.2 Å². The number of carbonyl (C=O) groups excluding carboxylic acids is 1. The van der Waals surface area contributed by atoms with Gasteiger partial charge in [0.2, 0.25) is 0 Å². The van der Waals surface area contributed by atoms with Crippen LogP contribution >= 0.6 is 0 Å². The van der Waals surface area contributed by atoms with Gasteiger partial charge in [-0.3, -0.25) is 9.59 Å². The number of nitrogens with zero attached hydrogens (tertiary/aromatic N) is 4. The smallest absolute Gasteiger partial charge is 0.480 e. The van der Waals surface area contributed by atoms with Crippen molar-refractivity contribution in [3.05, 3.63) is 59.2 Å². The zero-order valence-electron chi connectivity index (χ0n) is 23.6. The summed E-state index contributed by atoms with van der Waals surface area (Å²) in [4.78, 5) is 26.5. The number of hydrogen-bond acceptors (Lipinski definition) is 7. The van der Waals surface area contributed by atoms with E-state index in [1.54, 1.807) is 44.3 Å². The molecule has 1 saturated heterocycles. The number of amides is 1. The predicted octanol–water partition coefficient (Wildman–Crippen LogP) is 2.99. The Balaban J connectivity index is 1.69. The molecule has 0 aromatic heterocycles. The van der Waals surface area contributed by atoms with Crippen LogP contribution in [0.15, 0.2) is 42.5 Å². The minimum atomic E-state index is -5.04. The summed E-state index contributed by atoms with van der Waals surface area (Å²) < 4.78 is 71.5. The number of hydrogen-bond donors (Lipinski definition) is 2. The maximum Gasteiger partial charge on any atom is 0.573 e. The van der Waals surface area contributed by atoms with Gasteiger partial charge >= 0.3 is 12.3 Å². The highest BCUT2D eigenvalue weighted by Crippen LogP contribution is 2.28. The lowest BCUT2D eigenvalue weighted by atomic mass is 10.0. The standard InChI is InChI=1S/C28H30F3N5O6S/c1-4-19(2)25(27(38)39)33-43(40,41)36-15-13-35(14-16-36)22-10-7-20(8-11-22)5-6-21-9-12-24(42-28(29,30)31)23(17-21)26(37)34(3)18-32/h7-12,17,19,25,33H,4,13-16H2,1-3H3,(H,38,39). The van der Waals surface area contributed by atoms with Crippen molar-refractivity contribution < 1.29 is 41.0 Å². The third-order valence-electron chi connectivity index (χ3n) is 6.81. The van der Waals surface area contributed by atoms with Crippen LogP contribution in [0.3, 0.4) is 0 Å². The largest absolute Gasteiger partial charge is 0.573 e. The van der Waals surface area contributed by atoms with Crippen molar-refractivity contribution in [1.29, 1.82) is 5.26 Å². The zero-order valence-corrected chi connectivity index (χ0v) is 24.4. The van der Waals surface area contributed by atoms with Gasteiger partial charge in [-0.25, -0.2) is 4.90 Å². The predicted molar refractivity (Wildman–Crippen MR) is 150 cm³/mol. The van der Waals surface area contributed by atoms with Crippen molar-refractivity contribution in [2.75, 3.05) is 38.1 Å². The van der Waals surface area contributed by atoms with E-state index in [0.717, 1.165) is 24.9 Å². The van der Waals surface area contributed by atoms with E-state index in [-0.39, 0.29) is 24.6 Å². The maximum atomic E-state index is 12.8. The van der Waals surface area contributed by atoms with Gasteiger partial charge in [-0.1, -0.05) is 32.1 Å². The normalized spacial score (nSPS) is 15.4. The Labute approximate surface area is 247 Å². The van der Waals surface area contributed by atoms with Gasteiger partial charge in [0.1, 0.15) is 11.8 Å². The minimum absolute atomic E-state index is 0.153. The Bertz CT molecular complexity index is 1540. The van der Waals surface area contributed by atoms with Gasteiger partial charge in [-0.2, -0.15) is 22.7 Å². The summed E-state index contributed by atoms with van der Waals surface area (Å²) in [6.45, 7) is 4.50. The highest BCUT2D eigenvalue weighted by Gasteiger charge is 2.34. The Hall–Kier alpha value is -4.31. The van der Waals surface area contributed by atoms with E-state index >= 15 is 0 Å². The highest BCUT2D eigenvalue weighted by molar-refractivity contribution is 7.87. The van der Waals surface area contributed by atoms with E-state index in [1.165, 1.54) is 10.4 Å². The van der Waals surface area contributed by atoms with Crippen LogP contribution in [0.2, 0.25) is 0 Å². The van der Waals surface area contributed by atoms with E-state index < -0.39 is 45.8 Å². The monoisotopic (exact) mass is 621 g/mol. The number of aliphatic carboxylic acids is 1. The molecule has 2 unspecified atom stereocenters. The number of halogens is 3. The number of piperazine rings is 1. The highest BCUT2D eigenvalue weighted by atomic mass is 32.2. The Morgan fingerprint density at radius 1 is 1.09 bits per heavy atom. The van der Waals surface area contributed by atoms with Gasteiger partial charge in [0, 0.05) is 50.0 Å². The van der Waals surface area contributed by atoms with E-state index in [1.807, 2.05) is 4.90 Å². The van der Waals surface area contributed by atoms with Crippen LogP contribution in [0.25, 0.3) is 0 Å². The molecule has 2 N–H and O–H groups in total. The van der Waals surface area contributed by atoms with Gasteiger partial charge in [0.05, 0.1) is 5.56 Å². The molecule has 0 radical (unpaired) electrons. The topological polar surface area (TPSA) is 143 Å². The average molecular weight is 622 g/mol. The Morgan fingerprint density at radius 3 is 2.21 bits per heavy atom. The molecule has 11 nitrogen and oxygen atoms in total. The van der Waals surface area contributed by atoms with Crippen LogP contribution < -0.4 is 14.4 Å². The fourth-order valence-corrected chi connectivity index (χ4v) is 5.63. The van der Waals surface area contributed by atoms with Crippen molar-refractivity contribution in [3.8, 4) is 23.8 Å². The number of alkyl halides is 3. The Morgan fingerprint density at radius 2 is 1.67 bits per heavy atom. The van der Waals surface area contributed by atoms with Gasteiger partial charge in [0.15, 0.2) is 6.19 Å². The molecule has 43 heavy (non-hydrogen) atoms. The first-order valence-corrected chi connectivity index (χ1v) is 14.5. The summed E-state index contributed by atoms with van der Waals surface area (Å²) in [7, 11) is -2.89. The van der Waals surface area contributed by atoms with E-state index in [2.05, 4.69) is 21.3 Å². The van der Waals surface area contributed by atoms with Gasteiger partial charge in [-0.05, 0) is 48.4 Å². The fourth-order valence-electron chi connectivity index (χ4n) is 4.18. The lowest BCUT2D eigenvalue weighted by Gasteiger charge is -2.36. The number of carboxylic acid groups (broad SMARTS) is 1. The average Bonchev–Trinajstić information content (AvgIpc) is 2.97. The van der Waals surface area contributed by atoms with E-state index in [4.69, 9.17) is 5.26 Å². The summed E-state index contributed by atoms with van der Waals surface area (Å²) in [6.07, 6.45) is -3.00. The third-order valence-corrected chi connectivity index (χ3v) is 8.40. The van der Waals surface area contributed by atoms with Crippen LogP contribution in [-0.4, -0.2) is 80.2 Å². The molecule has 2 atom stereocenters. The summed E-state index contributed by atoms with van der Waals surface area (Å²) in [6, 6.07) is 9.11. The molecule has 0 aliphatic carbocycles. The molecule has 0 spiro atoms. The fraction of sp³-hybridized carbons (Fsp3) is 0.393.